The van der Waals surface area contributed by atoms with Gasteiger partial charge in [-0.2, -0.15) is 5.26 Å². The molecular weight excluding hydrogens is 518 g/mol. The van der Waals surface area contributed by atoms with Crippen molar-refractivity contribution >= 4 is 18.0 Å². The van der Waals surface area contributed by atoms with E-state index in [0.29, 0.717) is 25.9 Å². The fourth-order valence-electron chi connectivity index (χ4n) is 5.65. The number of rotatable bonds is 8. The van der Waals surface area contributed by atoms with Crippen molar-refractivity contribution < 1.29 is 23.2 Å². The van der Waals surface area contributed by atoms with Crippen molar-refractivity contribution in [2.75, 3.05) is 19.6 Å². The summed E-state index contributed by atoms with van der Waals surface area (Å²) in [7, 11) is 0. The number of urea groups is 2. The molecule has 2 aromatic carbocycles. The summed E-state index contributed by atoms with van der Waals surface area (Å²) in [6.45, 7) is 2.41. The fourth-order valence-corrected chi connectivity index (χ4v) is 5.65. The molecule has 1 fully saturated rings. The zero-order valence-corrected chi connectivity index (χ0v) is 22.1. The second-order valence-corrected chi connectivity index (χ2v) is 10.1. The Labute approximate surface area is 231 Å². The van der Waals surface area contributed by atoms with Crippen LogP contribution in [0.5, 0.6) is 0 Å². The molecular formula is C29H32F2N6O3. The number of hydrogen-bond acceptors (Lipinski definition) is 5. The normalized spacial score (nSPS) is 19.1. The van der Waals surface area contributed by atoms with E-state index in [1.807, 2.05) is 35.2 Å². The minimum Gasteiger partial charge on any atom is -0.369 e. The molecule has 3 atom stereocenters. The van der Waals surface area contributed by atoms with Crippen molar-refractivity contribution in [1.29, 1.82) is 5.26 Å². The molecule has 0 aliphatic carbocycles. The van der Waals surface area contributed by atoms with Gasteiger partial charge in [-0.3, -0.25) is 9.69 Å². The van der Waals surface area contributed by atoms with Crippen molar-refractivity contribution in [3.8, 4) is 6.07 Å². The Kier molecular flexibility index (Phi) is 8.80. The number of hydrogen-bond donors (Lipinski definition) is 3. The lowest BCUT2D eigenvalue weighted by Gasteiger charge is -2.45. The topological polar surface area (TPSA) is 132 Å². The van der Waals surface area contributed by atoms with Crippen LogP contribution in [0.1, 0.15) is 43.4 Å². The third-order valence-corrected chi connectivity index (χ3v) is 7.82. The third kappa shape index (κ3) is 5.82. The Balaban J connectivity index is 1.68. The van der Waals surface area contributed by atoms with E-state index in [1.165, 1.54) is 12.3 Å². The van der Waals surface area contributed by atoms with Crippen LogP contribution in [0, 0.1) is 28.9 Å². The van der Waals surface area contributed by atoms with Crippen LogP contribution in [0.15, 0.2) is 60.8 Å². The molecule has 2 aromatic rings. The molecule has 3 unspecified atom stereocenters. The van der Waals surface area contributed by atoms with E-state index in [1.54, 1.807) is 13.0 Å². The first-order chi connectivity index (χ1) is 19.2. The van der Waals surface area contributed by atoms with Gasteiger partial charge in [0.05, 0.1) is 30.0 Å². The molecule has 11 heteroatoms. The van der Waals surface area contributed by atoms with Crippen LogP contribution in [0.2, 0.25) is 0 Å². The molecule has 9 nitrogen and oxygen atoms in total. The number of piperidine rings is 1. The summed E-state index contributed by atoms with van der Waals surface area (Å²) in [5.41, 5.74) is 6.09. The predicted molar refractivity (Wildman–Crippen MR) is 143 cm³/mol. The van der Waals surface area contributed by atoms with E-state index < -0.39 is 53.0 Å². The van der Waals surface area contributed by atoms with Crippen LogP contribution in [0.4, 0.5) is 18.4 Å². The number of nitriles is 1. The van der Waals surface area contributed by atoms with Gasteiger partial charge in [-0.1, -0.05) is 43.3 Å². The molecule has 0 aromatic heterocycles. The molecule has 2 aliphatic rings. The Morgan fingerprint density at radius 1 is 1.18 bits per heavy atom. The van der Waals surface area contributed by atoms with E-state index in [0.717, 1.165) is 22.6 Å². The van der Waals surface area contributed by atoms with E-state index in [-0.39, 0.29) is 18.5 Å². The first-order valence-electron chi connectivity index (χ1n) is 13.2. The van der Waals surface area contributed by atoms with Gasteiger partial charge in [-0.15, -0.1) is 0 Å². The Hall–Kier alpha value is -4.30. The van der Waals surface area contributed by atoms with Gasteiger partial charge in [0.2, 0.25) is 5.91 Å². The Bertz CT molecular complexity index is 1320. The van der Waals surface area contributed by atoms with Crippen LogP contribution in [-0.2, 0) is 10.2 Å². The Morgan fingerprint density at radius 3 is 2.45 bits per heavy atom. The molecule has 210 valence electrons. The summed E-state index contributed by atoms with van der Waals surface area (Å²) in [6, 6.07) is 11.8. The van der Waals surface area contributed by atoms with Crippen molar-refractivity contribution in [1.82, 2.24) is 20.4 Å². The summed E-state index contributed by atoms with van der Waals surface area (Å²) >= 11 is 0. The second kappa shape index (κ2) is 12.3. The molecule has 0 spiro atoms. The molecule has 40 heavy (non-hydrogen) atoms. The first kappa shape index (κ1) is 28.7. The lowest BCUT2D eigenvalue weighted by Crippen LogP contribution is -2.57. The number of carbonyl (C=O) groups excluding carboxylic acids is 3. The third-order valence-electron chi connectivity index (χ3n) is 7.82. The smallest absolute Gasteiger partial charge is 0.329 e. The van der Waals surface area contributed by atoms with Gasteiger partial charge >= 0.3 is 12.1 Å². The molecule has 4 rings (SSSR count). The number of nitrogens with one attached hydrogen (secondary N) is 2. The monoisotopic (exact) mass is 550 g/mol. The number of primary amides is 1. The highest BCUT2D eigenvalue weighted by Crippen LogP contribution is 2.41. The molecule has 2 heterocycles. The summed E-state index contributed by atoms with van der Waals surface area (Å²) in [6.07, 6.45) is 4.07. The van der Waals surface area contributed by atoms with Crippen LogP contribution in [0.3, 0.4) is 0 Å². The lowest BCUT2D eigenvalue weighted by molar-refractivity contribution is -0.125. The number of nitrogens with zero attached hydrogens (tertiary/aromatic N) is 3. The zero-order chi connectivity index (χ0) is 28.9. The van der Waals surface area contributed by atoms with Crippen molar-refractivity contribution in [3.05, 3.63) is 83.6 Å². The van der Waals surface area contributed by atoms with Gasteiger partial charge in [0.25, 0.3) is 0 Å². The lowest BCUT2D eigenvalue weighted by atomic mass is 9.73. The number of halogens is 2. The fraction of sp³-hybridized carbons (Fsp3) is 0.379. The molecule has 5 amide bonds. The molecule has 4 N–H and O–H groups in total. The maximum Gasteiger partial charge on any atom is 0.329 e. The number of amides is 5. The number of benzene rings is 2. The van der Waals surface area contributed by atoms with E-state index in [9.17, 15) is 24.0 Å². The van der Waals surface area contributed by atoms with Crippen LogP contribution in [0.25, 0.3) is 0 Å². The van der Waals surface area contributed by atoms with Crippen molar-refractivity contribution in [2.45, 2.75) is 43.7 Å². The summed E-state index contributed by atoms with van der Waals surface area (Å²) in [5, 5.41) is 15.3. The van der Waals surface area contributed by atoms with Gasteiger partial charge in [-0.05, 0) is 37.0 Å². The van der Waals surface area contributed by atoms with Crippen LogP contribution in [-0.4, -0.2) is 53.4 Å². The van der Waals surface area contributed by atoms with Crippen molar-refractivity contribution in [2.24, 2.45) is 11.7 Å². The molecule has 0 saturated carbocycles. The van der Waals surface area contributed by atoms with Crippen LogP contribution < -0.4 is 16.4 Å². The zero-order valence-electron chi connectivity index (χ0n) is 22.1. The van der Waals surface area contributed by atoms with Gasteiger partial charge < -0.3 is 16.4 Å². The highest BCUT2D eigenvalue weighted by atomic mass is 19.1. The highest BCUT2D eigenvalue weighted by Gasteiger charge is 2.44. The average molecular weight is 551 g/mol. The van der Waals surface area contributed by atoms with Gasteiger partial charge in [0.1, 0.15) is 11.6 Å². The number of imide groups is 1. The summed E-state index contributed by atoms with van der Waals surface area (Å²) < 4.78 is 29.2. The van der Waals surface area contributed by atoms with Crippen molar-refractivity contribution in [3.63, 3.8) is 0 Å². The van der Waals surface area contributed by atoms with Crippen LogP contribution >= 0.6 is 0 Å². The van der Waals surface area contributed by atoms with Gasteiger partial charge in [0, 0.05) is 37.0 Å². The SMILES string of the molecule is CCC(NC(=O)N1CC=CNC1=O)C(C(N)=O)C(c1ccc(F)cc1F)N1CCC(C#N)(c2ccccc2)CC1. The number of nitrogens with two attached hydrogens (primary N) is 1. The Morgan fingerprint density at radius 2 is 1.88 bits per heavy atom. The molecule has 1 saturated heterocycles. The van der Waals surface area contributed by atoms with E-state index in [4.69, 9.17) is 5.73 Å². The maximum atomic E-state index is 15.3. The highest BCUT2D eigenvalue weighted by molar-refractivity contribution is 5.95. The standard InChI is InChI=1S/C29H32F2N6O3/c1-2-23(35-28(40)37-14-6-13-34-27(37)39)24(26(33)38)25(21-10-9-20(30)17-22(21)31)36-15-11-29(18-32,12-16-36)19-7-4-3-5-8-19/h3-10,13,17,23-25H,2,11-12,14-16H2,1H3,(H2,33,38)(H,34,39)(H,35,40). The van der Waals surface area contributed by atoms with Gasteiger partial charge in [0.15, 0.2) is 0 Å². The quantitative estimate of drug-likeness (QED) is 0.461. The van der Waals surface area contributed by atoms with E-state index in [2.05, 4.69) is 16.7 Å². The molecule has 0 bridgehead atoms. The largest absolute Gasteiger partial charge is 0.369 e. The summed E-state index contributed by atoms with van der Waals surface area (Å²) in [5.74, 6) is -3.54. The minimum absolute atomic E-state index is 0.0349. The van der Waals surface area contributed by atoms with E-state index >= 15 is 4.39 Å². The second-order valence-electron chi connectivity index (χ2n) is 10.1. The molecule has 2 aliphatic heterocycles. The molecule has 0 radical (unpaired) electrons. The minimum atomic E-state index is -1.14. The number of likely N-dealkylation sites (tertiary alicyclic amines) is 1. The number of carbonyl (C=O) groups is 3. The average Bonchev–Trinajstić information content (AvgIpc) is 2.96. The first-order valence-corrected chi connectivity index (χ1v) is 13.2. The maximum absolute atomic E-state index is 15.3. The summed E-state index contributed by atoms with van der Waals surface area (Å²) in [4.78, 5) is 41.1. The van der Waals surface area contributed by atoms with Gasteiger partial charge in [-0.25, -0.2) is 23.3 Å². The predicted octanol–water partition coefficient (Wildman–Crippen LogP) is 3.69.